The van der Waals surface area contributed by atoms with Gasteiger partial charge < -0.3 is 19.8 Å². The van der Waals surface area contributed by atoms with Crippen molar-refractivity contribution in [1.82, 2.24) is 9.97 Å². The van der Waals surface area contributed by atoms with Crippen LogP contribution in [0, 0.1) is 6.92 Å². The Morgan fingerprint density at radius 3 is 2.83 bits per heavy atom. The molecule has 6 rings (SSSR count). The Hall–Kier alpha value is -4.32. The highest BCUT2D eigenvalue weighted by atomic mass is 16.7. The number of carbonyl (C=O) groups is 1. The Morgan fingerprint density at radius 2 is 1.89 bits per heavy atom. The summed E-state index contributed by atoms with van der Waals surface area (Å²) in [6.45, 7) is 2.31. The number of ether oxygens (including phenoxy) is 2. The van der Waals surface area contributed by atoms with Gasteiger partial charge in [0, 0.05) is 34.5 Å². The van der Waals surface area contributed by atoms with E-state index in [2.05, 4.69) is 53.6 Å². The first-order valence-corrected chi connectivity index (χ1v) is 11.8. The fraction of sp³-hybridized carbons (Fsp3) is 0.172. The SMILES string of the molecule is Cc1ccc2[nH]c(-c3ccc4ccccc4n3)c(CCCC(=O)Nc3ccc4c(c3)OCO4)c2c1. The van der Waals surface area contributed by atoms with Gasteiger partial charge in [0.2, 0.25) is 12.7 Å². The molecule has 0 bridgehead atoms. The van der Waals surface area contributed by atoms with Crippen LogP contribution in [0.3, 0.4) is 0 Å². The number of nitrogens with zero attached hydrogens (tertiary/aromatic N) is 1. The van der Waals surface area contributed by atoms with Crippen LogP contribution in [0.25, 0.3) is 33.2 Å². The molecule has 0 aliphatic carbocycles. The number of hydrogen-bond donors (Lipinski definition) is 2. The lowest BCUT2D eigenvalue weighted by Crippen LogP contribution is -2.11. The lowest BCUT2D eigenvalue weighted by Gasteiger charge is -2.08. The summed E-state index contributed by atoms with van der Waals surface area (Å²) in [7, 11) is 0. The molecule has 0 unspecified atom stereocenters. The Bertz CT molecular complexity index is 1570. The third-order valence-corrected chi connectivity index (χ3v) is 6.40. The molecule has 0 fully saturated rings. The molecule has 35 heavy (non-hydrogen) atoms. The second kappa shape index (κ2) is 8.80. The van der Waals surface area contributed by atoms with Gasteiger partial charge in [-0.15, -0.1) is 0 Å². The van der Waals surface area contributed by atoms with Gasteiger partial charge in [-0.05, 0) is 61.7 Å². The molecule has 6 nitrogen and oxygen atoms in total. The number of carbonyl (C=O) groups excluding carboxylic acids is 1. The van der Waals surface area contributed by atoms with Gasteiger partial charge in [0.25, 0.3) is 0 Å². The van der Waals surface area contributed by atoms with E-state index < -0.39 is 0 Å². The molecule has 0 spiro atoms. The molecule has 6 heteroatoms. The van der Waals surface area contributed by atoms with Gasteiger partial charge in [0.05, 0.1) is 16.9 Å². The first-order chi connectivity index (χ1) is 17.1. The number of benzene rings is 3. The summed E-state index contributed by atoms with van der Waals surface area (Å²) >= 11 is 0. The van der Waals surface area contributed by atoms with E-state index in [-0.39, 0.29) is 12.7 Å². The number of nitrogens with one attached hydrogen (secondary N) is 2. The molecule has 0 atom stereocenters. The largest absolute Gasteiger partial charge is 0.454 e. The number of aromatic nitrogens is 2. The van der Waals surface area contributed by atoms with Crippen molar-refractivity contribution in [2.75, 3.05) is 12.1 Å². The quantitative estimate of drug-likeness (QED) is 0.306. The predicted molar refractivity (Wildman–Crippen MR) is 138 cm³/mol. The Balaban J connectivity index is 1.23. The van der Waals surface area contributed by atoms with Crippen LogP contribution in [0.5, 0.6) is 11.5 Å². The maximum atomic E-state index is 12.7. The van der Waals surface area contributed by atoms with Crippen molar-refractivity contribution in [1.29, 1.82) is 0 Å². The second-order valence-electron chi connectivity index (χ2n) is 8.89. The number of aromatic amines is 1. The van der Waals surface area contributed by atoms with Crippen molar-refractivity contribution < 1.29 is 14.3 Å². The predicted octanol–water partition coefficient (Wildman–Crippen LogP) is 6.38. The average molecular weight is 464 g/mol. The van der Waals surface area contributed by atoms with E-state index in [4.69, 9.17) is 14.5 Å². The number of H-pyrrole nitrogens is 1. The molecule has 0 saturated heterocycles. The third-order valence-electron chi connectivity index (χ3n) is 6.40. The van der Waals surface area contributed by atoms with Crippen molar-refractivity contribution in [3.63, 3.8) is 0 Å². The van der Waals surface area contributed by atoms with Crippen molar-refractivity contribution in [2.45, 2.75) is 26.2 Å². The minimum atomic E-state index is -0.0229. The van der Waals surface area contributed by atoms with Crippen LogP contribution < -0.4 is 14.8 Å². The van der Waals surface area contributed by atoms with Crippen molar-refractivity contribution in [2.24, 2.45) is 0 Å². The molecular formula is C29H25N3O3. The number of hydrogen-bond acceptors (Lipinski definition) is 4. The van der Waals surface area contributed by atoms with Crippen LogP contribution in [0.1, 0.15) is 24.0 Å². The lowest BCUT2D eigenvalue weighted by molar-refractivity contribution is -0.116. The fourth-order valence-electron chi connectivity index (χ4n) is 4.67. The number of rotatable bonds is 6. The normalized spacial score (nSPS) is 12.4. The number of pyridine rings is 1. The molecule has 5 aromatic rings. The summed E-state index contributed by atoms with van der Waals surface area (Å²) in [4.78, 5) is 21.2. The third kappa shape index (κ3) is 4.19. The molecular weight excluding hydrogens is 438 g/mol. The minimum absolute atomic E-state index is 0.0229. The van der Waals surface area contributed by atoms with Gasteiger partial charge in [0.1, 0.15) is 0 Å². The number of fused-ring (bicyclic) bond motifs is 3. The van der Waals surface area contributed by atoms with E-state index in [1.165, 1.54) is 16.5 Å². The Labute approximate surface area is 202 Å². The highest BCUT2D eigenvalue weighted by molar-refractivity contribution is 5.93. The monoisotopic (exact) mass is 463 g/mol. The van der Waals surface area contributed by atoms with Crippen molar-refractivity contribution in [3.05, 3.63) is 83.9 Å². The summed E-state index contributed by atoms with van der Waals surface area (Å²) in [5.41, 5.74) is 7.10. The average Bonchev–Trinajstić information content (AvgIpc) is 3.48. The molecule has 1 amide bonds. The molecule has 3 aromatic carbocycles. The van der Waals surface area contributed by atoms with E-state index in [1.807, 2.05) is 30.3 Å². The molecule has 3 heterocycles. The van der Waals surface area contributed by atoms with Gasteiger partial charge in [0.15, 0.2) is 11.5 Å². The van der Waals surface area contributed by atoms with Crippen LogP contribution >= 0.6 is 0 Å². The first kappa shape index (κ1) is 21.2. The smallest absolute Gasteiger partial charge is 0.231 e. The standard InChI is InChI=1S/C29H25N3O3/c1-18-9-12-24-22(15-18)21(29(32-24)25-13-10-19-5-2-3-7-23(19)31-25)6-4-8-28(33)30-20-11-14-26-27(16-20)35-17-34-26/h2-3,5,7,9-16,32H,4,6,8,17H2,1H3,(H,30,33). The molecule has 2 N–H and O–H groups in total. The molecule has 174 valence electrons. The second-order valence-corrected chi connectivity index (χ2v) is 8.89. The van der Waals surface area contributed by atoms with E-state index in [0.717, 1.165) is 40.6 Å². The zero-order chi connectivity index (χ0) is 23.8. The zero-order valence-electron chi connectivity index (χ0n) is 19.4. The first-order valence-electron chi connectivity index (χ1n) is 11.8. The molecule has 0 radical (unpaired) electrons. The minimum Gasteiger partial charge on any atom is -0.454 e. The van der Waals surface area contributed by atoms with Gasteiger partial charge in [-0.2, -0.15) is 0 Å². The highest BCUT2D eigenvalue weighted by Crippen LogP contribution is 2.35. The van der Waals surface area contributed by atoms with Crippen LogP contribution in [0.4, 0.5) is 5.69 Å². The van der Waals surface area contributed by atoms with Crippen molar-refractivity contribution in [3.8, 4) is 22.9 Å². The topological polar surface area (TPSA) is 76.2 Å². The van der Waals surface area contributed by atoms with E-state index in [0.29, 0.717) is 23.6 Å². The van der Waals surface area contributed by atoms with Gasteiger partial charge >= 0.3 is 0 Å². The summed E-state index contributed by atoms with van der Waals surface area (Å²) in [5.74, 6) is 1.34. The van der Waals surface area contributed by atoms with E-state index in [9.17, 15) is 4.79 Å². The summed E-state index contributed by atoms with van der Waals surface area (Å²) < 4.78 is 10.7. The van der Waals surface area contributed by atoms with Crippen LogP contribution in [-0.4, -0.2) is 22.7 Å². The van der Waals surface area contributed by atoms with Gasteiger partial charge in [-0.25, -0.2) is 4.98 Å². The highest BCUT2D eigenvalue weighted by Gasteiger charge is 2.17. The summed E-state index contributed by atoms with van der Waals surface area (Å²) in [6, 6.07) is 24.2. The van der Waals surface area contributed by atoms with Crippen LogP contribution in [0.2, 0.25) is 0 Å². The Kier molecular flexibility index (Phi) is 5.34. The summed E-state index contributed by atoms with van der Waals surface area (Å²) in [5, 5.41) is 5.27. The summed E-state index contributed by atoms with van der Waals surface area (Å²) in [6.07, 6.45) is 1.90. The maximum absolute atomic E-state index is 12.7. The molecule has 2 aromatic heterocycles. The fourth-order valence-corrected chi connectivity index (χ4v) is 4.67. The number of anilines is 1. The van der Waals surface area contributed by atoms with Crippen LogP contribution in [-0.2, 0) is 11.2 Å². The van der Waals surface area contributed by atoms with Crippen molar-refractivity contribution >= 4 is 33.4 Å². The number of aryl methyl sites for hydroxylation is 2. The number of amides is 1. The van der Waals surface area contributed by atoms with Gasteiger partial charge in [-0.3, -0.25) is 4.79 Å². The van der Waals surface area contributed by atoms with Crippen LogP contribution in [0.15, 0.2) is 72.8 Å². The van der Waals surface area contributed by atoms with E-state index >= 15 is 0 Å². The zero-order valence-corrected chi connectivity index (χ0v) is 19.4. The molecule has 1 aliphatic rings. The lowest BCUT2D eigenvalue weighted by atomic mass is 10.0. The van der Waals surface area contributed by atoms with Gasteiger partial charge in [-0.1, -0.05) is 35.9 Å². The van der Waals surface area contributed by atoms with E-state index in [1.54, 1.807) is 6.07 Å². The maximum Gasteiger partial charge on any atom is 0.231 e. The number of para-hydroxylation sites is 1. The molecule has 1 aliphatic heterocycles. The molecule has 0 saturated carbocycles. The Morgan fingerprint density at radius 1 is 1.00 bits per heavy atom.